The molecule has 2 fully saturated rings. The predicted molar refractivity (Wildman–Crippen MR) is 75.0 cm³/mol. The van der Waals surface area contributed by atoms with E-state index in [0.29, 0.717) is 13.1 Å². The molecule has 1 amide bonds. The van der Waals surface area contributed by atoms with E-state index in [0.717, 1.165) is 38.8 Å². The van der Waals surface area contributed by atoms with E-state index in [4.69, 9.17) is 0 Å². The van der Waals surface area contributed by atoms with Gasteiger partial charge < -0.3 is 15.3 Å². The van der Waals surface area contributed by atoms with Crippen molar-refractivity contribution in [1.29, 1.82) is 0 Å². The van der Waals surface area contributed by atoms with Crippen LogP contribution in [-0.2, 0) is 4.79 Å². The first kappa shape index (κ1) is 14.8. The molecule has 0 aromatic rings. The van der Waals surface area contributed by atoms with Crippen LogP contribution in [0, 0.1) is 0 Å². The Morgan fingerprint density at radius 3 is 2.68 bits per heavy atom. The van der Waals surface area contributed by atoms with E-state index in [9.17, 15) is 9.90 Å². The smallest absolute Gasteiger partial charge is 0.240 e. The summed E-state index contributed by atoms with van der Waals surface area (Å²) in [6, 6.07) is -0.130. The Morgan fingerprint density at radius 2 is 2.05 bits per heavy atom. The molecule has 1 atom stereocenters. The first-order valence-corrected chi connectivity index (χ1v) is 7.40. The van der Waals surface area contributed by atoms with Gasteiger partial charge in [0.2, 0.25) is 5.91 Å². The van der Waals surface area contributed by atoms with Gasteiger partial charge in [0.1, 0.15) is 6.04 Å². The van der Waals surface area contributed by atoms with Crippen molar-refractivity contribution in [2.24, 2.45) is 0 Å². The summed E-state index contributed by atoms with van der Waals surface area (Å²) in [5.74, 6) is 0.131. The highest BCUT2D eigenvalue weighted by atomic mass is 16.3. The zero-order chi connectivity index (χ0) is 13.9. The fraction of sp³-hybridized carbons (Fsp3) is 0.929. The minimum absolute atomic E-state index is 0.130. The maximum atomic E-state index is 12.2. The number of β-amino-alcohol motifs (C(OH)–C–C–N with tert-alkyl or cyclic N) is 1. The minimum Gasteiger partial charge on any atom is -0.389 e. The average Bonchev–Trinajstić information content (AvgIpc) is 2.39. The first-order chi connectivity index (χ1) is 9.02. The number of rotatable bonds is 3. The second kappa shape index (κ2) is 6.20. The Hall–Kier alpha value is -0.650. The van der Waals surface area contributed by atoms with Crippen LogP contribution in [0.15, 0.2) is 0 Å². The van der Waals surface area contributed by atoms with Crippen LogP contribution in [0.5, 0.6) is 0 Å². The third-order valence-electron chi connectivity index (χ3n) is 4.36. The van der Waals surface area contributed by atoms with Crippen molar-refractivity contribution >= 4 is 5.91 Å². The molecule has 110 valence electrons. The quantitative estimate of drug-likeness (QED) is 0.760. The van der Waals surface area contributed by atoms with Crippen molar-refractivity contribution < 1.29 is 9.90 Å². The molecule has 0 bridgehead atoms. The number of nitrogens with one attached hydrogen (secondary N) is 1. The molecule has 0 aromatic heterocycles. The number of carbonyl (C=O) groups is 1. The molecule has 0 spiro atoms. The highest BCUT2D eigenvalue weighted by molar-refractivity contribution is 5.81. The van der Waals surface area contributed by atoms with Crippen LogP contribution in [0.1, 0.15) is 32.1 Å². The number of amides is 1. The molecule has 1 aliphatic carbocycles. The number of carbonyl (C=O) groups excluding carboxylic acids is 1. The maximum absolute atomic E-state index is 12.2. The molecule has 5 nitrogen and oxygen atoms in total. The molecule has 2 N–H and O–H groups in total. The van der Waals surface area contributed by atoms with Crippen molar-refractivity contribution in [3.8, 4) is 0 Å². The van der Waals surface area contributed by atoms with E-state index in [1.807, 2.05) is 0 Å². The van der Waals surface area contributed by atoms with Crippen molar-refractivity contribution in [3.05, 3.63) is 0 Å². The van der Waals surface area contributed by atoms with Crippen molar-refractivity contribution in [2.75, 3.05) is 40.3 Å². The number of likely N-dealkylation sites (N-methyl/N-ethyl adjacent to an activating group) is 1. The number of aliphatic hydroxyl groups is 1. The molecule has 1 unspecified atom stereocenters. The normalized spacial score (nSPS) is 28.1. The van der Waals surface area contributed by atoms with E-state index >= 15 is 0 Å². The van der Waals surface area contributed by atoms with Crippen LogP contribution in [0.25, 0.3) is 0 Å². The molecular weight excluding hydrogens is 242 g/mol. The minimum atomic E-state index is -0.583. The van der Waals surface area contributed by atoms with Crippen LogP contribution in [0.4, 0.5) is 0 Å². The summed E-state index contributed by atoms with van der Waals surface area (Å²) >= 11 is 0. The monoisotopic (exact) mass is 269 g/mol. The lowest BCUT2D eigenvalue weighted by molar-refractivity contribution is -0.137. The van der Waals surface area contributed by atoms with Gasteiger partial charge in [0.15, 0.2) is 0 Å². The van der Waals surface area contributed by atoms with Gasteiger partial charge in [-0.2, -0.15) is 0 Å². The molecule has 1 saturated heterocycles. The van der Waals surface area contributed by atoms with Crippen LogP contribution < -0.4 is 5.32 Å². The molecule has 1 heterocycles. The molecule has 19 heavy (non-hydrogen) atoms. The summed E-state index contributed by atoms with van der Waals surface area (Å²) in [7, 11) is 3.59. The topological polar surface area (TPSA) is 55.8 Å². The Labute approximate surface area is 115 Å². The van der Waals surface area contributed by atoms with Gasteiger partial charge in [0.05, 0.1) is 5.60 Å². The molecular formula is C14H27N3O2. The summed E-state index contributed by atoms with van der Waals surface area (Å²) < 4.78 is 0. The largest absolute Gasteiger partial charge is 0.389 e. The third kappa shape index (κ3) is 3.68. The van der Waals surface area contributed by atoms with Crippen molar-refractivity contribution in [1.82, 2.24) is 15.1 Å². The zero-order valence-corrected chi connectivity index (χ0v) is 12.2. The van der Waals surface area contributed by atoms with Gasteiger partial charge in [-0.3, -0.25) is 9.69 Å². The molecule has 5 heteroatoms. The van der Waals surface area contributed by atoms with Gasteiger partial charge in [-0.25, -0.2) is 0 Å². The molecule has 1 aliphatic heterocycles. The molecule has 1 saturated carbocycles. The number of hydrogen-bond acceptors (Lipinski definition) is 4. The number of hydrogen-bond donors (Lipinski definition) is 2. The fourth-order valence-electron chi connectivity index (χ4n) is 3.22. The summed E-state index contributed by atoms with van der Waals surface area (Å²) in [6.45, 7) is 3.06. The van der Waals surface area contributed by atoms with Gasteiger partial charge >= 0.3 is 0 Å². The van der Waals surface area contributed by atoms with Gasteiger partial charge in [-0.05, 0) is 12.8 Å². The SMILES string of the molecule is CN(C)C(=O)C1CNCCN1CC1(O)CCCCC1. The van der Waals surface area contributed by atoms with Crippen LogP contribution in [0.3, 0.4) is 0 Å². The lowest BCUT2D eigenvalue weighted by atomic mass is 9.84. The third-order valence-corrected chi connectivity index (χ3v) is 4.36. The van der Waals surface area contributed by atoms with E-state index in [2.05, 4.69) is 10.2 Å². The molecule has 2 aliphatic rings. The summed E-state index contributed by atoms with van der Waals surface area (Å²) in [5, 5.41) is 14.0. The Balaban J connectivity index is 2.01. The van der Waals surface area contributed by atoms with Crippen LogP contribution in [-0.4, -0.2) is 72.7 Å². The second-order valence-corrected chi connectivity index (χ2v) is 6.21. The van der Waals surface area contributed by atoms with Gasteiger partial charge in [0.25, 0.3) is 0 Å². The summed E-state index contributed by atoms with van der Waals surface area (Å²) in [5.41, 5.74) is -0.583. The predicted octanol–water partition coefficient (Wildman–Crippen LogP) is 0.0436. The van der Waals surface area contributed by atoms with Crippen LogP contribution in [0.2, 0.25) is 0 Å². The lowest BCUT2D eigenvalue weighted by Crippen LogP contribution is -2.61. The Morgan fingerprint density at radius 1 is 1.37 bits per heavy atom. The first-order valence-electron chi connectivity index (χ1n) is 7.40. The van der Waals surface area contributed by atoms with Crippen molar-refractivity contribution in [2.45, 2.75) is 43.7 Å². The van der Waals surface area contributed by atoms with E-state index in [1.54, 1.807) is 19.0 Å². The van der Waals surface area contributed by atoms with Gasteiger partial charge in [0, 0.05) is 40.3 Å². The Kier molecular flexibility index (Phi) is 4.81. The highest BCUT2D eigenvalue weighted by Gasteiger charge is 2.37. The zero-order valence-electron chi connectivity index (χ0n) is 12.2. The summed E-state index contributed by atoms with van der Waals surface area (Å²) in [6.07, 6.45) is 5.19. The fourth-order valence-corrected chi connectivity index (χ4v) is 3.22. The maximum Gasteiger partial charge on any atom is 0.240 e. The molecule has 2 rings (SSSR count). The van der Waals surface area contributed by atoms with E-state index in [1.165, 1.54) is 6.42 Å². The van der Waals surface area contributed by atoms with Gasteiger partial charge in [-0.15, -0.1) is 0 Å². The number of piperazine rings is 1. The standard InChI is InChI=1S/C14H27N3O2/c1-16(2)13(18)12-10-15-8-9-17(12)11-14(19)6-4-3-5-7-14/h12,15,19H,3-11H2,1-2H3. The number of nitrogens with zero attached hydrogens (tertiary/aromatic N) is 2. The van der Waals surface area contributed by atoms with Gasteiger partial charge in [-0.1, -0.05) is 19.3 Å². The average molecular weight is 269 g/mol. The Bertz CT molecular complexity index is 314. The second-order valence-electron chi connectivity index (χ2n) is 6.21. The molecule has 0 aromatic carbocycles. The molecule has 0 radical (unpaired) electrons. The van der Waals surface area contributed by atoms with E-state index in [-0.39, 0.29) is 11.9 Å². The lowest BCUT2D eigenvalue weighted by Gasteiger charge is -2.42. The van der Waals surface area contributed by atoms with E-state index < -0.39 is 5.60 Å². The van der Waals surface area contributed by atoms with Crippen LogP contribution >= 0.6 is 0 Å². The highest BCUT2D eigenvalue weighted by Crippen LogP contribution is 2.29. The van der Waals surface area contributed by atoms with Crippen molar-refractivity contribution in [3.63, 3.8) is 0 Å². The summed E-state index contributed by atoms with van der Waals surface area (Å²) in [4.78, 5) is 16.0.